The molecule has 0 radical (unpaired) electrons. The molecule has 0 saturated carbocycles. The number of aliphatic carboxylic acids is 1. The molecule has 0 heterocycles. The molecular formula is C15H20O3. The number of hydrogen-bond acceptors (Lipinski definition) is 2. The predicted molar refractivity (Wildman–Crippen MR) is 70.6 cm³/mol. The van der Waals surface area contributed by atoms with Gasteiger partial charge in [0, 0.05) is 18.4 Å². The average molecular weight is 248 g/mol. The van der Waals surface area contributed by atoms with Gasteiger partial charge in [-0.1, -0.05) is 51.1 Å². The molecule has 0 aliphatic heterocycles. The standard InChI is InChI=1S/C15H20O3/c1-15(2,3)12(10-14(17)18)9-13(16)11-7-5-4-6-8-11/h4-8,12H,9-10H2,1-3H3,(H,17,18)/t12-/m0/s1. The summed E-state index contributed by atoms with van der Waals surface area (Å²) >= 11 is 0. The van der Waals surface area contributed by atoms with Crippen LogP contribution in [0.25, 0.3) is 0 Å². The Balaban J connectivity index is 2.78. The van der Waals surface area contributed by atoms with E-state index >= 15 is 0 Å². The first-order chi connectivity index (χ1) is 8.30. The third kappa shape index (κ3) is 4.32. The van der Waals surface area contributed by atoms with Gasteiger partial charge in [0.15, 0.2) is 5.78 Å². The molecule has 3 heteroatoms. The van der Waals surface area contributed by atoms with Gasteiger partial charge in [-0.05, 0) is 11.3 Å². The van der Waals surface area contributed by atoms with Crippen molar-refractivity contribution in [1.82, 2.24) is 0 Å². The lowest BCUT2D eigenvalue weighted by Gasteiger charge is -2.29. The van der Waals surface area contributed by atoms with Crippen molar-refractivity contribution in [3.63, 3.8) is 0 Å². The first-order valence-electron chi connectivity index (χ1n) is 6.10. The molecule has 0 saturated heterocycles. The lowest BCUT2D eigenvalue weighted by Crippen LogP contribution is -2.26. The number of hydrogen-bond donors (Lipinski definition) is 1. The molecule has 3 nitrogen and oxygen atoms in total. The van der Waals surface area contributed by atoms with Crippen LogP contribution >= 0.6 is 0 Å². The zero-order valence-corrected chi connectivity index (χ0v) is 11.1. The normalized spacial score (nSPS) is 13.1. The number of Topliss-reactive ketones (excluding diaryl/α,β-unsaturated/α-hetero) is 1. The maximum Gasteiger partial charge on any atom is 0.303 e. The van der Waals surface area contributed by atoms with Crippen molar-refractivity contribution in [1.29, 1.82) is 0 Å². The summed E-state index contributed by atoms with van der Waals surface area (Å²) in [7, 11) is 0. The van der Waals surface area contributed by atoms with Crippen molar-refractivity contribution in [2.75, 3.05) is 0 Å². The van der Waals surface area contributed by atoms with E-state index < -0.39 is 5.97 Å². The summed E-state index contributed by atoms with van der Waals surface area (Å²) in [6.07, 6.45) is 0.307. The minimum atomic E-state index is -0.851. The largest absolute Gasteiger partial charge is 0.481 e. The monoisotopic (exact) mass is 248 g/mol. The molecule has 1 aromatic rings. The van der Waals surface area contributed by atoms with E-state index in [1.807, 2.05) is 39.0 Å². The van der Waals surface area contributed by atoms with E-state index in [1.165, 1.54) is 0 Å². The third-order valence-electron chi connectivity index (χ3n) is 3.17. The summed E-state index contributed by atoms with van der Waals surface area (Å²) in [5.74, 6) is -0.990. The van der Waals surface area contributed by atoms with E-state index in [-0.39, 0.29) is 30.0 Å². The van der Waals surface area contributed by atoms with Crippen molar-refractivity contribution in [2.45, 2.75) is 33.6 Å². The fraction of sp³-hybridized carbons (Fsp3) is 0.467. The van der Waals surface area contributed by atoms with Crippen molar-refractivity contribution in [3.05, 3.63) is 35.9 Å². The van der Waals surface area contributed by atoms with Gasteiger partial charge in [0.1, 0.15) is 0 Å². The van der Waals surface area contributed by atoms with Crippen molar-refractivity contribution < 1.29 is 14.7 Å². The van der Waals surface area contributed by atoms with E-state index in [0.29, 0.717) is 5.56 Å². The van der Waals surface area contributed by atoms with Crippen molar-refractivity contribution in [2.24, 2.45) is 11.3 Å². The third-order valence-corrected chi connectivity index (χ3v) is 3.17. The van der Waals surface area contributed by atoms with E-state index in [4.69, 9.17) is 5.11 Å². The quantitative estimate of drug-likeness (QED) is 0.812. The Morgan fingerprint density at radius 2 is 1.67 bits per heavy atom. The molecule has 0 amide bonds. The molecule has 1 aromatic carbocycles. The molecule has 0 aliphatic carbocycles. The topological polar surface area (TPSA) is 54.4 Å². The summed E-state index contributed by atoms with van der Waals surface area (Å²) in [6.45, 7) is 5.91. The molecule has 0 spiro atoms. The molecule has 1 atom stereocenters. The van der Waals surface area contributed by atoms with Crippen molar-refractivity contribution in [3.8, 4) is 0 Å². The van der Waals surface area contributed by atoms with E-state index in [2.05, 4.69) is 0 Å². The Morgan fingerprint density at radius 1 is 1.11 bits per heavy atom. The molecule has 0 aliphatic rings. The Bertz CT molecular complexity index is 415. The average Bonchev–Trinajstić information content (AvgIpc) is 2.27. The maximum atomic E-state index is 12.1. The van der Waals surface area contributed by atoms with Crippen LogP contribution in [-0.4, -0.2) is 16.9 Å². The van der Waals surface area contributed by atoms with Crippen LogP contribution in [0.3, 0.4) is 0 Å². The Hall–Kier alpha value is -1.64. The van der Waals surface area contributed by atoms with Gasteiger partial charge in [0.05, 0.1) is 0 Å². The Morgan fingerprint density at radius 3 is 2.11 bits per heavy atom. The molecule has 1 rings (SSSR count). The number of carboxylic acids is 1. The molecule has 0 aromatic heterocycles. The first-order valence-corrected chi connectivity index (χ1v) is 6.10. The second kappa shape index (κ2) is 5.80. The second-order valence-electron chi connectivity index (χ2n) is 5.65. The molecule has 0 bridgehead atoms. The number of carboxylic acid groups (broad SMARTS) is 1. The summed E-state index contributed by atoms with van der Waals surface area (Å²) in [5.41, 5.74) is 0.458. The lowest BCUT2D eigenvalue weighted by molar-refractivity contribution is -0.139. The van der Waals surface area contributed by atoms with Crippen LogP contribution in [0.5, 0.6) is 0 Å². The van der Waals surface area contributed by atoms with Crippen LogP contribution in [0.1, 0.15) is 44.0 Å². The number of carbonyl (C=O) groups excluding carboxylic acids is 1. The van der Waals surface area contributed by atoms with Gasteiger partial charge >= 0.3 is 5.97 Å². The van der Waals surface area contributed by atoms with Crippen LogP contribution in [0.4, 0.5) is 0 Å². The zero-order valence-electron chi connectivity index (χ0n) is 11.1. The summed E-state index contributed by atoms with van der Waals surface area (Å²) in [5, 5.41) is 8.92. The molecular weight excluding hydrogens is 228 g/mol. The van der Waals surface area contributed by atoms with E-state index in [1.54, 1.807) is 12.1 Å². The van der Waals surface area contributed by atoms with Gasteiger partial charge in [-0.25, -0.2) is 0 Å². The SMILES string of the molecule is CC(C)(C)[C@H](CC(=O)O)CC(=O)c1ccccc1. The highest BCUT2D eigenvalue weighted by molar-refractivity contribution is 5.96. The summed E-state index contributed by atoms with van der Waals surface area (Å²) < 4.78 is 0. The summed E-state index contributed by atoms with van der Waals surface area (Å²) in [6, 6.07) is 9.02. The molecule has 98 valence electrons. The fourth-order valence-electron chi connectivity index (χ4n) is 1.86. The van der Waals surface area contributed by atoms with Crippen LogP contribution in [0.2, 0.25) is 0 Å². The highest BCUT2D eigenvalue weighted by Crippen LogP contribution is 2.32. The molecule has 0 fully saturated rings. The second-order valence-corrected chi connectivity index (χ2v) is 5.65. The fourth-order valence-corrected chi connectivity index (χ4v) is 1.86. The highest BCUT2D eigenvalue weighted by Gasteiger charge is 2.29. The molecule has 18 heavy (non-hydrogen) atoms. The number of ketones is 1. The number of rotatable bonds is 5. The first kappa shape index (κ1) is 14.4. The Kier molecular flexibility index (Phi) is 4.65. The van der Waals surface area contributed by atoms with Crippen LogP contribution in [0.15, 0.2) is 30.3 Å². The minimum absolute atomic E-state index is 0.0109. The van der Waals surface area contributed by atoms with Crippen LogP contribution < -0.4 is 0 Å². The van der Waals surface area contributed by atoms with Gasteiger partial charge in [-0.2, -0.15) is 0 Å². The smallest absolute Gasteiger partial charge is 0.303 e. The van der Waals surface area contributed by atoms with Crippen LogP contribution in [-0.2, 0) is 4.79 Å². The van der Waals surface area contributed by atoms with Gasteiger partial charge in [-0.15, -0.1) is 0 Å². The predicted octanol–water partition coefficient (Wildman–Crippen LogP) is 3.40. The zero-order chi connectivity index (χ0) is 13.8. The minimum Gasteiger partial charge on any atom is -0.481 e. The van der Waals surface area contributed by atoms with Gasteiger partial charge in [0.2, 0.25) is 0 Å². The lowest BCUT2D eigenvalue weighted by atomic mass is 9.75. The highest BCUT2D eigenvalue weighted by atomic mass is 16.4. The Labute approximate surface area is 108 Å². The van der Waals surface area contributed by atoms with E-state index in [9.17, 15) is 9.59 Å². The number of benzene rings is 1. The van der Waals surface area contributed by atoms with Gasteiger partial charge < -0.3 is 5.11 Å². The number of carbonyl (C=O) groups is 2. The van der Waals surface area contributed by atoms with Crippen LogP contribution in [0, 0.1) is 11.3 Å². The maximum absolute atomic E-state index is 12.1. The molecule has 0 unspecified atom stereocenters. The van der Waals surface area contributed by atoms with Crippen molar-refractivity contribution >= 4 is 11.8 Å². The van der Waals surface area contributed by atoms with Gasteiger partial charge in [0.25, 0.3) is 0 Å². The summed E-state index contributed by atoms with van der Waals surface area (Å²) in [4.78, 5) is 23.0. The van der Waals surface area contributed by atoms with Gasteiger partial charge in [-0.3, -0.25) is 9.59 Å². The molecule has 1 N–H and O–H groups in total. The van der Waals surface area contributed by atoms with E-state index in [0.717, 1.165) is 0 Å².